The van der Waals surface area contributed by atoms with Gasteiger partial charge in [-0.3, -0.25) is 9.89 Å². The number of benzene rings is 2. The summed E-state index contributed by atoms with van der Waals surface area (Å²) >= 11 is 0. The van der Waals surface area contributed by atoms with Crippen LogP contribution >= 0.6 is 0 Å². The maximum absolute atomic E-state index is 14.3. The molecule has 216 valence electrons. The Morgan fingerprint density at radius 3 is 2.42 bits per heavy atom. The van der Waals surface area contributed by atoms with E-state index in [2.05, 4.69) is 46.0 Å². The first-order valence-electron chi connectivity index (χ1n) is 13.9. The van der Waals surface area contributed by atoms with Crippen molar-refractivity contribution in [1.82, 2.24) is 20.8 Å². The highest BCUT2D eigenvalue weighted by atomic mass is 32.2. The summed E-state index contributed by atoms with van der Waals surface area (Å²) < 4.78 is 56.1. The van der Waals surface area contributed by atoms with Crippen LogP contribution in [0.4, 0.5) is 8.78 Å². The van der Waals surface area contributed by atoms with E-state index in [0.29, 0.717) is 31.1 Å². The Morgan fingerprint density at radius 2 is 1.82 bits per heavy atom. The van der Waals surface area contributed by atoms with Crippen molar-refractivity contribution in [3.63, 3.8) is 0 Å². The zero-order valence-electron chi connectivity index (χ0n) is 23.3. The molecule has 1 heterocycles. The Hall–Kier alpha value is -3.11. The molecule has 1 amide bonds. The second kappa shape index (κ2) is 12.6. The Bertz CT molecular complexity index is 1420. The predicted molar refractivity (Wildman–Crippen MR) is 152 cm³/mol. The van der Waals surface area contributed by atoms with Crippen LogP contribution in [-0.4, -0.2) is 42.9 Å². The topological polar surface area (TPSA) is 104 Å². The molecular formula is C30H38F2N4O3S. The zero-order chi connectivity index (χ0) is 28.9. The minimum absolute atomic E-state index is 0.0195. The van der Waals surface area contributed by atoms with Gasteiger partial charge in [-0.05, 0) is 80.5 Å². The summed E-state index contributed by atoms with van der Waals surface area (Å²) in [4.78, 5) is 13.2. The van der Waals surface area contributed by atoms with Crippen LogP contribution < -0.4 is 10.6 Å². The van der Waals surface area contributed by atoms with Crippen molar-refractivity contribution in [2.45, 2.75) is 76.1 Å². The first kappa shape index (κ1) is 29.9. The zero-order valence-corrected chi connectivity index (χ0v) is 24.1. The number of sulfone groups is 1. The number of hydrogen-bond donors (Lipinski definition) is 3. The number of nitrogens with one attached hydrogen (secondary N) is 3. The van der Waals surface area contributed by atoms with Crippen molar-refractivity contribution in [1.29, 1.82) is 0 Å². The Morgan fingerprint density at radius 1 is 1.10 bits per heavy atom. The first-order valence-corrected chi connectivity index (χ1v) is 15.6. The molecule has 3 aromatic rings. The van der Waals surface area contributed by atoms with Gasteiger partial charge in [0.2, 0.25) is 0 Å². The molecule has 1 aromatic heterocycles. The number of halogens is 2. The van der Waals surface area contributed by atoms with Crippen molar-refractivity contribution in [2.24, 2.45) is 0 Å². The second-order valence-electron chi connectivity index (χ2n) is 10.7. The van der Waals surface area contributed by atoms with Gasteiger partial charge in [-0.15, -0.1) is 0 Å². The summed E-state index contributed by atoms with van der Waals surface area (Å²) in [5.74, 6) is -2.46. The lowest BCUT2D eigenvalue weighted by molar-refractivity contribution is 0.0928. The molecule has 1 aliphatic rings. The summed E-state index contributed by atoms with van der Waals surface area (Å²) in [6.45, 7) is 6.12. The molecule has 10 heteroatoms. The van der Waals surface area contributed by atoms with Crippen molar-refractivity contribution in [3.05, 3.63) is 88.2 Å². The molecule has 1 unspecified atom stereocenters. The molecular weight excluding hydrogens is 534 g/mol. The third kappa shape index (κ3) is 7.14. The molecule has 0 saturated heterocycles. The van der Waals surface area contributed by atoms with Crippen LogP contribution in [0, 0.1) is 18.6 Å². The molecule has 2 aromatic carbocycles. The number of carbonyl (C=O) groups is 1. The van der Waals surface area contributed by atoms with Gasteiger partial charge in [0, 0.05) is 17.3 Å². The van der Waals surface area contributed by atoms with Crippen molar-refractivity contribution in [3.8, 4) is 0 Å². The van der Waals surface area contributed by atoms with E-state index in [0.717, 1.165) is 31.4 Å². The van der Waals surface area contributed by atoms with Crippen LogP contribution in [0.25, 0.3) is 0 Å². The van der Waals surface area contributed by atoms with Gasteiger partial charge in [0.15, 0.2) is 9.84 Å². The van der Waals surface area contributed by atoms with Crippen LogP contribution in [0.3, 0.4) is 0 Å². The van der Waals surface area contributed by atoms with Crippen LogP contribution in [0.15, 0.2) is 48.5 Å². The quantitative estimate of drug-likeness (QED) is 0.244. The van der Waals surface area contributed by atoms with Crippen molar-refractivity contribution < 1.29 is 22.0 Å². The lowest BCUT2D eigenvalue weighted by atomic mass is 9.99. The molecule has 2 atom stereocenters. The highest BCUT2D eigenvalue weighted by Gasteiger charge is 2.44. The van der Waals surface area contributed by atoms with E-state index in [9.17, 15) is 22.0 Å². The van der Waals surface area contributed by atoms with E-state index in [1.807, 2.05) is 13.0 Å². The van der Waals surface area contributed by atoms with E-state index >= 15 is 0 Å². The molecule has 0 spiro atoms. The van der Waals surface area contributed by atoms with E-state index in [4.69, 9.17) is 0 Å². The Labute approximate surface area is 235 Å². The van der Waals surface area contributed by atoms with Gasteiger partial charge in [0.05, 0.1) is 11.8 Å². The monoisotopic (exact) mass is 572 g/mol. The maximum Gasteiger partial charge on any atom is 0.272 e. The number of aryl methyl sites for hydroxylation is 2. The minimum Gasteiger partial charge on any atom is -0.346 e. The van der Waals surface area contributed by atoms with Gasteiger partial charge in [-0.1, -0.05) is 44.5 Å². The van der Waals surface area contributed by atoms with E-state index in [-0.39, 0.29) is 29.0 Å². The number of amides is 1. The fourth-order valence-electron chi connectivity index (χ4n) is 5.23. The third-order valence-corrected chi connectivity index (χ3v) is 9.79. The van der Waals surface area contributed by atoms with Gasteiger partial charge in [-0.2, -0.15) is 5.10 Å². The summed E-state index contributed by atoms with van der Waals surface area (Å²) in [6.07, 6.45) is 4.05. The summed E-state index contributed by atoms with van der Waals surface area (Å²) in [6, 6.07) is 11.8. The molecule has 0 aliphatic heterocycles. The summed E-state index contributed by atoms with van der Waals surface area (Å²) in [5.41, 5.74) is 2.97. The van der Waals surface area contributed by atoms with Gasteiger partial charge >= 0.3 is 0 Å². The third-order valence-electron chi connectivity index (χ3n) is 7.56. The molecule has 1 fully saturated rings. The Kier molecular flexibility index (Phi) is 9.41. The first-order chi connectivity index (χ1) is 19.1. The number of rotatable bonds is 14. The SMILES string of the molecule is CCCCS(=O)(=O)C(c1cc(F)cc(F)c1)[C@H](CCNC1(c2cccc(CC)c2)CC1)NC(=O)c1cc(C)[nH]n1. The lowest BCUT2D eigenvalue weighted by Crippen LogP contribution is -2.45. The molecule has 1 aliphatic carbocycles. The smallest absolute Gasteiger partial charge is 0.272 e. The highest BCUT2D eigenvalue weighted by molar-refractivity contribution is 7.91. The van der Waals surface area contributed by atoms with Crippen LogP contribution in [0.2, 0.25) is 0 Å². The van der Waals surface area contributed by atoms with Gasteiger partial charge in [0.25, 0.3) is 5.91 Å². The highest BCUT2D eigenvalue weighted by Crippen LogP contribution is 2.45. The van der Waals surface area contributed by atoms with Gasteiger partial charge in [0.1, 0.15) is 22.6 Å². The number of carbonyl (C=O) groups excluding carboxylic acids is 1. The average Bonchev–Trinajstić information content (AvgIpc) is 3.57. The number of hydrogen-bond acceptors (Lipinski definition) is 5. The van der Waals surface area contributed by atoms with E-state index < -0.39 is 38.7 Å². The number of unbranched alkanes of at least 4 members (excludes halogenated alkanes) is 1. The van der Waals surface area contributed by atoms with Gasteiger partial charge in [-0.25, -0.2) is 17.2 Å². The predicted octanol–water partition coefficient (Wildman–Crippen LogP) is 5.28. The number of H-pyrrole nitrogens is 1. The molecule has 0 bridgehead atoms. The maximum atomic E-state index is 14.3. The van der Waals surface area contributed by atoms with Crippen LogP contribution in [-0.2, 0) is 21.8 Å². The number of aromatic nitrogens is 2. The lowest BCUT2D eigenvalue weighted by Gasteiger charge is -2.29. The van der Waals surface area contributed by atoms with Gasteiger partial charge < -0.3 is 10.6 Å². The molecule has 4 rings (SSSR count). The van der Waals surface area contributed by atoms with Crippen molar-refractivity contribution >= 4 is 15.7 Å². The van der Waals surface area contributed by atoms with Crippen molar-refractivity contribution in [2.75, 3.05) is 12.3 Å². The van der Waals surface area contributed by atoms with E-state index in [1.54, 1.807) is 13.0 Å². The molecule has 3 N–H and O–H groups in total. The van der Waals surface area contributed by atoms with E-state index in [1.165, 1.54) is 11.1 Å². The molecule has 7 nitrogen and oxygen atoms in total. The number of nitrogens with zero attached hydrogens (tertiary/aromatic N) is 1. The standard InChI is InChI=1S/C30H38F2N4O3S/c1-4-6-14-40(38,39)28(22-17-24(31)19-25(32)18-22)26(34-29(37)27-15-20(3)35-36-27)10-13-33-30(11-12-30)23-9-7-8-21(5-2)16-23/h7-9,15-19,26,28,33H,4-6,10-14H2,1-3H3,(H,34,37)(H,35,36)/t26-,28?/m0/s1. The molecule has 0 radical (unpaired) electrons. The Balaban J connectivity index is 1.65. The largest absolute Gasteiger partial charge is 0.346 e. The fraction of sp³-hybridized carbons (Fsp3) is 0.467. The normalized spacial score (nSPS) is 15.9. The average molecular weight is 573 g/mol. The minimum atomic E-state index is -3.91. The second-order valence-corrected chi connectivity index (χ2v) is 13.0. The van der Waals surface area contributed by atoms with Crippen LogP contribution in [0.1, 0.15) is 84.1 Å². The summed E-state index contributed by atoms with van der Waals surface area (Å²) in [5, 5.41) is 11.8. The fourth-order valence-corrected chi connectivity index (χ4v) is 7.43. The molecule has 1 saturated carbocycles. The summed E-state index contributed by atoms with van der Waals surface area (Å²) in [7, 11) is -3.91. The molecule has 40 heavy (non-hydrogen) atoms. The van der Waals surface area contributed by atoms with Crippen LogP contribution in [0.5, 0.6) is 0 Å². The number of aromatic amines is 1.